The first-order valence-corrected chi connectivity index (χ1v) is 7.37. The van der Waals surface area contributed by atoms with Crippen LogP contribution in [-0.2, 0) is 6.54 Å². The van der Waals surface area contributed by atoms with Crippen molar-refractivity contribution in [1.29, 1.82) is 0 Å². The predicted octanol–water partition coefficient (Wildman–Crippen LogP) is 5.23. The SMILES string of the molecule is CC(c1cccc(Cl)c1)N(C)Cc1nc(Cl)ccc1Cl. The van der Waals surface area contributed by atoms with Gasteiger partial charge < -0.3 is 0 Å². The number of hydrogen-bond acceptors (Lipinski definition) is 2. The summed E-state index contributed by atoms with van der Waals surface area (Å²) < 4.78 is 0. The van der Waals surface area contributed by atoms with Crippen LogP contribution in [0.1, 0.15) is 24.2 Å². The molecule has 0 N–H and O–H groups in total. The summed E-state index contributed by atoms with van der Waals surface area (Å²) in [5.41, 5.74) is 1.92. The minimum Gasteiger partial charge on any atom is -0.294 e. The average Bonchev–Trinajstić information content (AvgIpc) is 2.42. The molecule has 1 heterocycles. The lowest BCUT2D eigenvalue weighted by Gasteiger charge is -2.25. The molecule has 1 aromatic heterocycles. The summed E-state index contributed by atoms with van der Waals surface area (Å²) >= 11 is 18.1. The van der Waals surface area contributed by atoms with E-state index in [9.17, 15) is 0 Å². The first-order chi connectivity index (χ1) is 9.47. The topological polar surface area (TPSA) is 16.1 Å². The van der Waals surface area contributed by atoms with E-state index in [0.717, 1.165) is 16.3 Å². The molecule has 2 aromatic rings. The average molecular weight is 330 g/mol. The number of aromatic nitrogens is 1. The highest BCUT2D eigenvalue weighted by atomic mass is 35.5. The molecule has 0 saturated carbocycles. The van der Waals surface area contributed by atoms with Crippen LogP contribution < -0.4 is 0 Å². The van der Waals surface area contributed by atoms with E-state index in [1.165, 1.54) is 0 Å². The summed E-state index contributed by atoms with van der Waals surface area (Å²) in [5.74, 6) is 0. The highest BCUT2D eigenvalue weighted by Crippen LogP contribution is 2.25. The fourth-order valence-electron chi connectivity index (χ4n) is 1.96. The maximum Gasteiger partial charge on any atom is 0.129 e. The quantitative estimate of drug-likeness (QED) is 0.714. The van der Waals surface area contributed by atoms with Crippen LogP contribution in [0.4, 0.5) is 0 Å². The van der Waals surface area contributed by atoms with Crippen molar-refractivity contribution < 1.29 is 0 Å². The smallest absolute Gasteiger partial charge is 0.129 e. The first kappa shape index (κ1) is 15.6. The van der Waals surface area contributed by atoms with Crippen molar-refractivity contribution in [3.8, 4) is 0 Å². The number of rotatable bonds is 4. The Hall–Kier alpha value is -0.800. The molecular weight excluding hydrogens is 315 g/mol. The zero-order valence-corrected chi connectivity index (χ0v) is 13.5. The van der Waals surface area contributed by atoms with E-state index in [-0.39, 0.29) is 6.04 Å². The van der Waals surface area contributed by atoms with E-state index in [4.69, 9.17) is 34.8 Å². The van der Waals surface area contributed by atoms with Gasteiger partial charge in [0.2, 0.25) is 0 Å². The van der Waals surface area contributed by atoms with Crippen molar-refractivity contribution in [2.45, 2.75) is 19.5 Å². The summed E-state index contributed by atoms with van der Waals surface area (Å²) in [4.78, 5) is 6.42. The van der Waals surface area contributed by atoms with Gasteiger partial charge in [-0.2, -0.15) is 0 Å². The molecule has 1 unspecified atom stereocenters. The number of benzene rings is 1. The van der Waals surface area contributed by atoms with E-state index in [2.05, 4.69) is 22.9 Å². The largest absolute Gasteiger partial charge is 0.294 e. The maximum absolute atomic E-state index is 6.15. The molecule has 106 valence electrons. The van der Waals surface area contributed by atoms with Crippen molar-refractivity contribution >= 4 is 34.8 Å². The lowest BCUT2D eigenvalue weighted by atomic mass is 10.1. The lowest BCUT2D eigenvalue weighted by Crippen LogP contribution is -2.22. The van der Waals surface area contributed by atoms with Crippen molar-refractivity contribution in [2.75, 3.05) is 7.05 Å². The zero-order chi connectivity index (χ0) is 14.7. The van der Waals surface area contributed by atoms with Gasteiger partial charge in [0.25, 0.3) is 0 Å². The van der Waals surface area contributed by atoms with Gasteiger partial charge in [0.05, 0.1) is 10.7 Å². The van der Waals surface area contributed by atoms with E-state index < -0.39 is 0 Å². The Balaban J connectivity index is 2.15. The zero-order valence-electron chi connectivity index (χ0n) is 11.3. The lowest BCUT2D eigenvalue weighted by molar-refractivity contribution is 0.250. The van der Waals surface area contributed by atoms with Gasteiger partial charge in [-0.25, -0.2) is 4.98 Å². The Kier molecular flexibility index (Phi) is 5.28. The molecule has 0 aliphatic carbocycles. The van der Waals surface area contributed by atoms with Crippen LogP contribution in [0, 0.1) is 0 Å². The van der Waals surface area contributed by atoms with Crippen molar-refractivity contribution in [3.63, 3.8) is 0 Å². The molecule has 2 nitrogen and oxygen atoms in total. The molecule has 0 fully saturated rings. The van der Waals surface area contributed by atoms with Gasteiger partial charge in [-0.15, -0.1) is 0 Å². The van der Waals surface area contributed by atoms with Gasteiger partial charge in [0.15, 0.2) is 0 Å². The molecule has 0 bridgehead atoms. The van der Waals surface area contributed by atoms with Crippen LogP contribution in [0.5, 0.6) is 0 Å². The van der Waals surface area contributed by atoms with Gasteiger partial charge >= 0.3 is 0 Å². The standard InChI is InChI=1S/C15H15Cl3N2/c1-10(11-4-3-5-12(16)8-11)20(2)9-14-13(17)6-7-15(18)19-14/h3-8,10H,9H2,1-2H3. The van der Waals surface area contributed by atoms with Crippen molar-refractivity contribution in [1.82, 2.24) is 9.88 Å². The molecule has 0 spiro atoms. The highest BCUT2D eigenvalue weighted by molar-refractivity contribution is 6.32. The van der Waals surface area contributed by atoms with E-state index in [1.807, 2.05) is 25.2 Å². The second-order valence-corrected chi connectivity index (χ2v) is 5.94. The molecule has 0 aliphatic heterocycles. The number of hydrogen-bond donors (Lipinski definition) is 0. The minimum atomic E-state index is 0.200. The van der Waals surface area contributed by atoms with Gasteiger partial charge in [0.1, 0.15) is 5.15 Å². The predicted molar refractivity (Wildman–Crippen MR) is 85.6 cm³/mol. The second-order valence-electron chi connectivity index (χ2n) is 4.71. The van der Waals surface area contributed by atoms with Crippen molar-refractivity contribution in [2.24, 2.45) is 0 Å². The molecule has 0 radical (unpaired) electrons. The van der Waals surface area contributed by atoms with Gasteiger partial charge in [-0.3, -0.25) is 4.90 Å². The number of nitrogens with zero attached hydrogens (tertiary/aromatic N) is 2. The minimum absolute atomic E-state index is 0.200. The fourth-order valence-corrected chi connectivity index (χ4v) is 2.49. The molecule has 0 saturated heterocycles. The fraction of sp³-hybridized carbons (Fsp3) is 0.267. The summed E-state index contributed by atoms with van der Waals surface area (Å²) in [6.45, 7) is 2.73. The molecular formula is C15H15Cl3N2. The Morgan fingerprint density at radius 1 is 1.15 bits per heavy atom. The van der Waals surface area contributed by atoms with E-state index in [0.29, 0.717) is 16.7 Å². The summed E-state index contributed by atoms with van der Waals surface area (Å²) in [6, 6.07) is 11.5. The summed E-state index contributed by atoms with van der Waals surface area (Å²) in [7, 11) is 2.02. The maximum atomic E-state index is 6.15. The van der Waals surface area contributed by atoms with Crippen LogP contribution in [0.15, 0.2) is 36.4 Å². The molecule has 2 rings (SSSR count). The number of pyridine rings is 1. The Labute approximate surface area is 134 Å². The molecule has 0 aliphatic rings. The first-order valence-electron chi connectivity index (χ1n) is 6.24. The van der Waals surface area contributed by atoms with Gasteiger partial charge in [-0.1, -0.05) is 46.9 Å². The van der Waals surface area contributed by atoms with Crippen molar-refractivity contribution in [3.05, 3.63) is 62.9 Å². The molecule has 1 aromatic carbocycles. The van der Waals surface area contributed by atoms with Crippen LogP contribution in [0.25, 0.3) is 0 Å². The number of halogens is 3. The molecule has 1 atom stereocenters. The molecule has 20 heavy (non-hydrogen) atoms. The summed E-state index contributed by atoms with van der Waals surface area (Å²) in [5, 5.41) is 1.81. The third-order valence-corrected chi connectivity index (χ3v) is 4.07. The van der Waals surface area contributed by atoms with E-state index in [1.54, 1.807) is 12.1 Å². The normalized spacial score (nSPS) is 12.7. The van der Waals surface area contributed by atoms with E-state index >= 15 is 0 Å². The van der Waals surface area contributed by atoms with Crippen LogP contribution in [-0.4, -0.2) is 16.9 Å². The monoisotopic (exact) mass is 328 g/mol. The Bertz CT molecular complexity index is 601. The Morgan fingerprint density at radius 2 is 1.90 bits per heavy atom. The van der Waals surface area contributed by atoms with Crippen LogP contribution in [0.2, 0.25) is 15.2 Å². The highest BCUT2D eigenvalue weighted by Gasteiger charge is 2.14. The van der Waals surface area contributed by atoms with Gasteiger partial charge in [-0.05, 0) is 43.8 Å². The molecule has 5 heteroatoms. The van der Waals surface area contributed by atoms with Gasteiger partial charge in [0, 0.05) is 17.6 Å². The second kappa shape index (κ2) is 6.77. The molecule has 0 amide bonds. The summed E-state index contributed by atoms with van der Waals surface area (Å²) in [6.07, 6.45) is 0. The van der Waals surface area contributed by atoms with Crippen LogP contribution >= 0.6 is 34.8 Å². The third kappa shape index (κ3) is 3.86. The third-order valence-electron chi connectivity index (χ3n) is 3.28. The van der Waals surface area contributed by atoms with Crippen LogP contribution in [0.3, 0.4) is 0 Å². The Morgan fingerprint density at radius 3 is 2.60 bits per heavy atom.